The number of benzene rings is 3. The van der Waals surface area contributed by atoms with E-state index in [2.05, 4.69) is 21.2 Å². The molecule has 0 atom stereocenters. The van der Waals surface area contributed by atoms with Crippen LogP contribution in [-0.4, -0.2) is 30.5 Å². The molecule has 174 valence electrons. The molecule has 0 aliphatic carbocycles. The first-order chi connectivity index (χ1) is 16.3. The molecule has 0 heterocycles. The largest absolute Gasteiger partial charge is 0.484 e. The first kappa shape index (κ1) is 24.7. The second-order valence-electron chi connectivity index (χ2n) is 6.69. The summed E-state index contributed by atoms with van der Waals surface area (Å²) in [5.41, 5.74) is 3.38. The van der Waals surface area contributed by atoms with E-state index in [9.17, 15) is 18.8 Å². The molecule has 3 aromatic carbocycles. The second kappa shape index (κ2) is 11.8. The van der Waals surface area contributed by atoms with Crippen molar-refractivity contribution in [1.82, 2.24) is 5.43 Å². The molecule has 34 heavy (non-hydrogen) atoms. The van der Waals surface area contributed by atoms with Gasteiger partial charge < -0.3 is 15.4 Å². The first-order valence-electron chi connectivity index (χ1n) is 9.68. The van der Waals surface area contributed by atoms with E-state index in [1.54, 1.807) is 36.4 Å². The van der Waals surface area contributed by atoms with Crippen molar-refractivity contribution < 1.29 is 23.5 Å². The van der Waals surface area contributed by atoms with Crippen LogP contribution >= 0.6 is 23.2 Å². The third-order valence-electron chi connectivity index (χ3n) is 4.14. The van der Waals surface area contributed by atoms with Gasteiger partial charge in [-0.15, -0.1) is 0 Å². The molecule has 8 nitrogen and oxygen atoms in total. The number of hydrazone groups is 1. The Morgan fingerprint density at radius 1 is 0.912 bits per heavy atom. The first-order valence-corrected chi connectivity index (χ1v) is 10.4. The molecule has 0 bridgehead atoms. The number of hydrogen-bond donors (Lipinski definition) is 3. The van der Waals surface area contributed by atoms with Crippen LogP contribution in [0.2, 0.25) is 10.0 Å². The molecule has 11 heteroatoms. The van der Waals surface area contributed by atoms with Crippen molar-refractivity contribution in [3.05, 3.63) is 88.2 Å². The molecule has 0 spiro atoms. The number of anilines is 2. The molecule has 3 amide bonds. The monoisotopic (exact) mass is 502 g/mol. The number of nitrogens with one attached hydrogen (secondary N) is 3. The number of carbonyl (C=O) groups excluding carboxylic acids is 3. The zero-order valence-electron chi connectivity index (χ0n) is 17.3. The normalized spacial score (nSPS) is 10.6. The average Bonchev–Trinajstić information content (AvgIpc) is 2.81. The number of halogens is 3. The standard InChI is InChI=1S/C23H17Cl2FN4O4/c24-15-3-10-20(19(25)11-15)29-21(31)13-34-18-8-1-14(2-9-18)12-27-30-23(33)22(32)28-17-6-4-16(26)5-7-17/h1-12H,13H2,(H,28,32)(H,29,31)(H,30,33)/b27-12-. The van der Waals surface area contributed by atoms with E-state index in [1.165, 1.54) is 24.4 Å². The summed E-state index contributed by atoms with van der Waals surface area (Å²) in [6.07, 6.45) is 1.32. The van der Waals surface area contributed by atoms with Gasteiger partial charge in [0, 0.05) is 10.7 Å². The maximum Gasteiger partial charge on any atom is 0.329 e. The molecule has 0 fully saturated rings. The summed E-state index contributed by atoms with van der Waals surface area (Å²) in [7, 11) is 0. The van der Waals surface area contributed by atoms with Gasteiger partial charge in [-0.2, -0.15) is 5.10 Å². The van der Waals surface area contributed by atoms with Crippen molar-refractivity contribution in [3.8, 4) is 5.75 Å². The van der Waals surface area contributed by atoms with Crippen LogP contribution in [0.5, 0.6) is 5.75 Å². The Labute approximate surface area is 203 Å². The third kappa shape index (κ3) is 7.58. The van der Waals surface area contributed by atoms with Crippen molar-refractivity contribution in [1.29, 1.82) is 0 Å². The van der Waals surface area contributed by atoms with E-state index in [1.807, 2.05) is 0 Å². The van der Waals surface area contributed by atoms with Crippen molar-refractivity contribution in [3.63, 3.8) is 0 Å². The minimum Gasteiger partial charge on any atom is -0.484 e. The van der Waals surface area contributed by atoms with Gasteiger partial charge in [0.1, 0.15) is 11.6 Å². The van der Waals surface area contributed by atoms with E-state index >= 15 is 0 Å². The summed E-state index contributed by atoms with van der Waals surface area (Å²) < 4.78 is 18.3. The van der Waals surface area contributed by atoms with Crippen molar-refractivity contribution in [2.24, 2.45) is 5.10 Å². The lowest BCUT2D eigenvalue weighted by Gasteiger charge is -2.09. The highest BCUT2D eigenvalue weighted by molar-refractivity contribution is 6.39. The van der Waals surface area contributed by atoms with Crippen LogP contribution in [0.15, 0.2) is 71.8 Å². The SMILES string of the molecule is O=C(COc1ccc(/C=N\NC(=O)C(=O)Nc2ccc(F)cc2)cc1)Nc1ccc(Cl)cc1Cl. The maximum absolute atomic E-state index is 12.9. The van der Waals surface area contributed by atoms with E-state index in [4.69, 9.17) is 27.9 Å². The number of ether oxygens (including phenoxy) is 1. The Balaban J connectivity index is 1.43. The van der Waals surface area contributed by atoms with Gasteiger partial charge in [-0.05, 0) is 72.3 Å². The predicted molar refractivity (Wildman–Crippen MR) is 128 cm³/mol. The third-order valence-corrected chi connectivity index (χ3v) is 4.69. The molecule has 0 unspecified atom stereocenters. The summed E-state index contributed by atoms with van der Waals surface area (Å²) in [6.45, 7) is -0.244. The summed E-state index contributed by atoms with van der Waals surface area (Å²) in [5.74, 6) is -2.39. The number of amides is 3. The Kier molecular flexibility index (Phi) is 8.55. The highest BCUT2D eigenvalue weighted by Crippen LogP contribution is 2.25. The smallest absolute Gasteiger partial charge is 0.329 e. The summed E-state index contributed by atoms with van der Waals surface area (Å²) >= 11 is 11.8. The van der Waals surface area contributed by atoms with Crippen LogP contribution in [0, 0.1) is 5.82 Å². The number of hydrogen-bond acceptors (Lipinski definition) is 5. The van der Waals surface area contributed by atoms with Gasteiger partial charge in [0.2, 0.25) is 0 Å². The van der Waals surface area contributed by atoms with E-state index in [-0.39, 0.29) is 12.3 Å². The van der Waals surface area contributed by atoms with Crippen LogP contribution in [0.4, 0.5) is 15.8 Å². The molecular formula is C23H17Cl2FN4O4. The lowest BCUT2D eigenvalue weighted by atomic mass is 10.2. The zero-order valence-corrected chi connectivity index (χ0v) is 18.9. The van der Waals surface area contributed by atoms with E-state index < -0.39 is 23.5 Å². The van der Waals surface area contributed by atoms with Crippen molar-refractivity contribution >= 4 is 58.5 Å². The molecule has 3 N–H and O–H groups in total. The van der Waals surface area contributed by atoms with Gasteiger partial charge in [0.15, 0.2) is 6.61 Å². The highest BCUT2D eigenvalue weighted by atomic mass is 35.5. The quantitative estimate of drug-likeness (QED) is 0.255. The maximum atomic E-state index is 12.9. The van der Waals surface area contributed by atoms with Crippen LogP contribution < -0.4 is 20.8 Å². The molecule has 0 aliphatic heterocycles. The Hall–Kier alpha value is -3.95. The topological polar surface area (TPSA) is 109 Å². The molecule has 3 rings (SSSR count). The lowest BCUT2D eigenvalue weighted by Crippen LogP contribution is -2.32. The lowest BCUT2D eigenvalue weighted by molar-refractivity contribution is -0.136. The summed E-state index contributed by atoms with van der Waals surface area (Å²) in [4.78, 5) is 35.6. The minimum atomic E-state index is -0.993. The van der Waals surface area contributed by atoms with Crippen molar-refractivity contribution in [2.45, 2.75) is 0 Å². The van der Waals surface area contributed by atoms with Gasteiger partial charge in [-0.25, -0.2) is 9.82 Å². The van der Waals surface area contributed by atoms with Gasteiger partial charge in [0.05, 0.1) is 16.9 Å². The summed E-state index contributed by atoms with van der Waals surface area (Å²) in [6, 6.07) is 16.1. The van der Waals surface area contributed by atoms with Crippen molar-refractivity contribution in [2.75, 3.05) is 17.2 Å². The molecule has 0 aromatic heterocycles. The molecular weight excluding hydrogens is 486 g/mol. The van der Waals surface area contributed by atoms with Gasteiger partial charge in [0.25, 0.3) is 5.91 Å². The Bertz CT molecular complexity index is 1220. The van der Waals surface area contributed by atoms with Gasteiger partial charge >= 0.3 is 11.8 Å². The average molecular weight is 503 g/mol. The molecule has 3 aromatic rings. The second-order valence-corrected chi connectivity index (χ2v) is 7.53. The fourth-order valence-corrected chi connectivity index (χ4v) is 2.97. The van der Waals surface area contributed by atoms with Crippen LogP contribution in [0.25, 0.3) is 0 Å². The van der Waals surface area contributed by atoms with E-state index in [0.717, 1.165) is 12.1 Å². The Morgan fingerprint density at radius 3 is 2.29 bits per heavy atom. The molecule has 0 radical (unpaired) electrons. The minimum absolute atomic E-state index is 0.244. The van der Waals surface area contributed by atoms with Crippen LogP contribution in [0.1, 0.15) is 5.56 Å². The zero-order chi connectivity index (χ0) is 24.5. The Morgan fingerprint density at radius 2 is 1.62 bits per heavy atom. The highest BCUT2D eigenvalue weighted by Gasteiger charge is 2.12. The van der Waals surface area contributed by atoms with Gasteiger partial charge in [-0.3, -0.25) is 14.4 Å². The molecule has 0 saturated heterocycles. The predicted octanol–water partition coefficient (Wildman–Crippen LogP) is 4.24. The van der Waals surface area contributed by atoms with Gasteiger partial charge in [-0.1, -0.05) is 23.2 Å². The fraction of sp³-hybridized carbons (Fsp3) is 0.0435. The number of rotatable bonds is 7. The molecule has 0 aliphatic rings. The fourth-order valence-electron chi connectivity index (χ4n) is 2.51. The van der Waals surface area contributed by atoms with Crippen LogP contribution in [0.3, 0.4) is 0 Å². The van der Waals surface area contributed by atoms with E-state index in [0.29, 0.717) is 27.0 Å². The molecule has 0 saturated carbocycles. The number of carbonyl (C=O) groups is 3. The van der Waals surface area contributed by atoms with Crippen LogP contribution in [-0.2, 0) is 14.4 Å². The summed E-state index contributed by atoms with van der Waals surface area (Å²) in [5, 5.41) is 9.41. The number of nitrogens with zero attached hydrogens (tertiary/aromatic N) is 1.